The van der Waals surface area contributed by atoms with Crippen LogP contribution in [0.1, 0.15) is 23.7 Å². The Balaban J connectivity index is 1.80. The van der Waals surface area contributed by atoms with Crippen molar-refractivity contribution in [3.05, 3.63) is 72.4 Å². The number of esters is 1. The molecule has 0 bridgehead atoms. The SMILES string of the molecule is CC(OC(=O)c1cccc2cccnc12)C(=O)N(CCC#N)c1ccccc1. The average molecular weight is 373 g/mol. The first kappa shape index (κ1) is 19.1. The maximum atomic E-state index is 12.9. The monoisotopic (exact) mass is 373 g/mol. The van der Waals surface area contributed by atoms with Gasteiger partial charge in [0.15, 0.2) is 6.10 Å². The number of pyridine rings is 1. The largest absolute Gasteiger partial charge is 0.449 e. The summed E-state index contributed by atoms with van der Waals surface area (Å²) in [5.74, 6) is -0.999. The molecule has 0 fully saturated rings. The molecule has 6 heteroatoms. The zero-order valence-electron chi connectivity index (χ0n) is 15.4. The number of amides is 1. The van der Waals surface area contributed by atoms with E-state index in [1.165, 1.54) is 11.8 Å². The molecular weight excluding hydrogens is 354 g/mol. The Bertz CT molecular complexity index is 1020. The molecule has 1 unspecified atom stereocenters. The maximum Gasteiger partial charge on any atom is 0.341 e. The zero-order chi connectivity index (χ0) is 19.9. The summed E-state index contributed by atoms with van der Waals surface area (Å²) < 4.78 is 5.44. The first-order valence-corrected chi connectivity index (χ1v) is 8.90. The number of carbonyl (C=O) groups is 2. The van der Waals surface area contributed by atoms with E-state index in [1.54, 1.807) is 48.7 Å². The molecule has 140 valence electrons. The Morgan fingerprint density at radius 3 is 2.61 bits per heavy atom. The first-order valence-electron chi connectivity index (χ1n) is 8.90. The lowest BCUT2D eigenvalue weighted by Crippen LogP contribution is -2.40. The van der Waals surface area contributed by atoms with Crippen LogP contribution in [-0.2, 0) is 9.53 Å². The molecule has 0 aliphatic rings. The highest BCUT2D eigenvalue weighted by Gasteiger charge is 2.26. The first-order chi connectivity index (χ1) is 13.6. The van der Waals surface area contributed by atoms with Crippen LogP contribution in [0.25, 0.3) is 10.9 Å². The van der Waals surface area contributed by atoms with E-state index in [2.05, 4.69) is 4.98 Å². The van der Waals surface area contributed by atoms with Crippen molar-refractivity contribution in [1.29, 1.82) is 5.26 Å². The number of para-hydroxylation sites is 2. The van der Waals surface area contributed by atoms with Gasteiger partial charge in [0, 0.05) is 23.8 Å². The number of hydrogen-bond acceptors (Lipinski definition) is 5. The van der Waals surface area contributed by atoms with Gasteiger partial charge in [0.25, 0.3) is 5.91 Å². The van der Waals surface area contributed by atoms with E-state index in [0.29, 0.717) is 16.8 Å². The number of nitriles is 1. The fourth-order valence-corrected chi connectivity index (χ4v) is 2.90. The van der Waals surface area contributed by atoms with E-state index < -0.39 is 12.1 Å². The number of fused-ring (bicyclic) bond motifs is 1. The number of benzene rings is 2. The van der Waals surface area contributed by atoms with Gasteiger partial charge in [0.05, 0.1) is 23.6 Å². The lowest BCUT2D eigenvalue weighted by Gasteiger charge is -2.25. The number of rotatable bonds is 6. The Labute approximate surface area is 163 Å². The van der Waals surface area contributed by atoms with Crippen molar-refractivity contribution in [2.75, 3.05) is 11.4 Å². The van der Waals surface area contributed by atoms with Crippen LogP contribution in [0.2, 0.25) is 0 Å². The van der Waals surface area contributed by atoms with Crippen LogP contribution in [0.3, 0.4) is 0 Å². The van der Waals surface area contributed by atoms with Gasteiger partial charge in [0.1, 0.15) is 0 Å². The summed E-state index contributed by atoms with van der Waals surface area (Å²) in [7, 11) is 0. The fourth-order valence-electron chi connectivity index (χ4n) is 2.90. The molecule has 3 rings (SSSR count). The molecule has 0 aliphatic carbocycles. The molecule has 6 nitrogen and oxygen atoms in total. The van der Waals surface area contributed by atoms with E-state index in [0.717, 1.165) is 5.39 Å². The predicted octanol–water partition coefficient (Wildman–Crippen LogP) is 3.73. The van der Waals surface area contributed by atoms with Crippen LogP contribution in [0.5, 0.6) is 0 Å². The molecule has 1 atom stereocenters. The van der Waals surface area contributed by atoms with Crippen LogP contribution >= 0.6 is 0 Å². The minimum Gasteiger partial charge on any atom is -0.449 e. The summed E-state index contributed by atoms with van der Waals surface area (Å²) in [6, 6.07) is 19.9. The van der Waals surface area contributed by atoms with Gasteiger partial charge in [0.2, 0.25) is 0 Å². The molecule has 0 saturated carbocycles. The Kier molecular flexibility index (Phi) is 5.97. The Morgan fingerprint density at radius 1 is 1.11 bits per heavy atom. The van der Waals surface area contributed by atoms with Gasteiger partial charge < -0.3 is 9.64 Å². The van der Waals surface area contributed by atoms with Gasteiger partial charge in [-0.2, -0.15) is 5.26 Å². The van der Waals surface area contributed by atoms with Crippen molar-refractivity contribution >= 4 is 28.5 Å². The van der Waals surface area contributed by atoms with Crippen molar-refractivity contribution in [2.24, 2.45) is 0 Å². The molecule has 0 N–H and O–H groups in total. The summed E-state index contributed by atoms with van der Waals surface area (Å²) in [4.78, 5) is 31.3. The summed E-state index contributed by atoms with van der Waals surface area (Å²) in [6.07, 6.45) is 0.770. The molecule has 0 aliphatic heterocycles. The third kappa shape index (κ3) is 4.15. The lowest BCUT2D eigenvalue weighted by atomic mass is 10.1. The molecule has 1 aromatic heterocycles. The second kappa shape index (κ2) is 8.78. The Morgan fingerprint density at radius 2 is 1.86 bits per heavy atom. The normalized spacial score (nSPS) is 11.4. The Hall–Kier alpha value is -3.72. The van der Waals surface area contributed by atoms with E-state index in [4.69, 9.17) is 10.00 Å². The maximum absolute atomic E-state index is 12.9. The number of hydrogen-bond donors (Lipinski definition) is 0. The number of carbonyl (C=O) groups excluding carboxylic acids is 2. The minimum absolute atomic E-state index is 0.175. The number of aromatic nitrogens is 1. The van der Waals surface area contributed by atoms with E-state index in [-0.39, 0.29) is 18.9 Å². The third-order valence-corrected chi connectivity index (χ3v) is 4.27. The van der Waals surface area contributed by atoms with Gasteiger partial charge in [-0.05, 0) is 31.2 Å². The molecule has 1 amide bonds. The molecular formula is C22H19N3O3. The molecule has 1 heterocycles. The van der Waals surface area contributed by atoms with Crippen molar-refractivity contribution in [1.82, 2.24) is 4.98 Å². The summed E-state index contributed by atoms with van der Waals surface area (Å²) >= 11 is 0. The highest BCUT2D eigenvalue weighted by atomic mass is 16.5. The van der Waals surface area contributed by atoms with Crippen LogP contribution < -0.4 is 4.90 Å². The standard InChI is InChI=1S/C22H19N3O3/c1-16(21(26)25(15-7-13-23)18-10-3-2-4-11-18)28-22(27)19-12-5-8-17-9-6-14-24-20(17)19/h2-6,8-12,14,16H,7,15H2,1H3. The van der Waals surface area contributed by atoms with Gasteiger partial charge in [-0.3, -0.25) is 9.78 Å². The van der Waals surface area contributed by atoms with Crippen molar-refractivity contribution < 1.29 is 14.3 Å². The van der Waals surface area contributed by atoms with E-state index >= 15 is 0 Å². The van der Waals surface area contributed by atoms with Crippen molar-refractivity contribution in [3.63, 3.8) is 0 Å². The second-order valence-corrected chi connectivity index (χ2v) is 6.16. The smallest absolute Gasteiger partial charge is 0.341 e. The third-order valence-electron chi connectivity index (χ3n) is 4.27. The van der Waals surface area contributed by atoms with E-state index in [1.807, 2.05) is 24.3 Å². The van der Waals surface area contributed by atoms with Gasteiger partial charge in [-0.1, -0.05) is 36.4 Å². The molecule has 2 aromatic carbocycles. The van der Waals surface area contributed by atoms with Gasteiger partial charge in [-0.15, -0.1) is 0 Å². The molecule has 0 radical (unpaired) electrons. The fraction of sp³-hybridized carbons (Fsp3) is 0.182. The average Bonchev–Trinajstić information content (AvgIpc) is 2.74. The topological polar surface area (TPSA) is 83.3 Å². The van der Waals surface area contributed by atoms with Crippen LogP contribution in [0.4, 0.5) is 5.69 Å². The number of ether oxygens (including phenoxy) is 1. The second-order valence-electron chi connectivity index (χ2n) is 6.16. The summed E-state index contributed by atoms with van der Waals surface area (Å²) in [5.41, 5.74) is 1.48. The summed E-state index contributed by atoms with van der Waals surface area (Å²) in [6.45, 7) is 1.75. The van der Waals surface area contributed by atoms with Crippen LogP contribution in [-0.4, -0.2) is 29.5 Å². The lowest BCUT2D eigenvalue weighted by molar-refractivity contribution is -0.126. The van der Waals surface area contributed by atoms with Crippen molar-refractivity contribution in [2.45, 2.75) is 19.4 Å². The zero-order valence-corrected chi connectivity index (χ0v) is 15.4. The molecule has 0 saturated heterocycles. The number of nitrogens with zero attached hydrogens (tertiary/aromatic N) is 3. The van der Waals surface area contributed by atoms with Crippen LogP contribution in [0.15, 0.2) is 66.9 Å². The molecule has 3 aromatic rings. The van der Waals surface area contributed by atoms with E-state index in [9.17, 15) is 9.59 Å². The molecule has 0 spiro atoms. The van der Waals surface area contributed by atoms with Crippen molar-refractivity contribution in [3.8, 4) is 6.07 Å². The predicted molar refractivity (Wildman–Crippen MR) is 106 cm³/mol. The highest BCUT2D eigenvalue weighted by Crippen LogP contribution is 2.19. The molecule has 28 heavy (non-hydrogen) atoms. The van der Waals surface area contributed by atoms with Gasteiger partial charge in [-0.25, -0.2) is 4.79 Å². The highest BCUT2D eigenvalue weighted by molar-refractivity contribution is 6.04. The summed E-state index contributed by atoms with van der Waals surface area (Å²) in [5, 5.41) is 9.71. The minimum atomic E-state index is -1.01. The van der Waals surface area contributed by atoms with Crippen LogP contribution in [0, 0.1) is 11.3 Å². The number of anilines is 1. The quantitative estimate of drug-likeness (QED) is 0.615. The van der Waals surface area contributed by atoms with Gasteiger partial charge >= 0.3 is 5.97 Å².